The highest BCUT2D eigenvalue weighted by atomic mass is 16.5. The smallest absolute Gasteiger partial charge is 0.211 e. The number of hydrogen-bond acceptors (Lipinski definition) is 4. The second-order valence-corrected chi connectivity index (χ2v) is 3.67. The highest BCUT2D eigenvalue weighted by molar-refractivity contribution is 5.86. The fourth-order valence-electron chi connectivity index (χ4n) is 1.77. The Labute approximate surface area is 88.5 Å². The van der Waals surface area contributed by atoms with Crippen molar-refractivity contribution in [2.24, 2.45) is 4.99 Å². The molecule has 80 valence electrons. The van der Waals surface area contributed by atoms with Gasteiger partial charge in [-0.1, -0.05) is 30.3 Å². The summed E-state index contributed by atoms with van der Waals surface area (Å²) in [5.74, 6) is 0.337. The molecular formula is C11H14N2O2. The van der Waals surface area contributed by atoms with Gasteiger partial charge in [-0.25, -0.2) is 0 Å². The molecule has 1 aliphatic rings. The quantitative estimate of drug-likeness (QED) is 0.688. The van der Waals surface area contributed by atoms with E-state index in [0.717, 1.165) is 5.56 Å². The minimum atomic E-state index is -1.48. The average molecular weight is 206 g/mol. The Balaban J connectivity index is 2.22. The fraction of sp³-hybridized carbons (Fsp3) is 0.364. The summed E-state index contributed by atoms with van der Waals surface area (Å²) < 4.78 is 0. The first-order valence-electron chi connectivity index (χ1n) is 4.88. The third kappa shape index (κ3) is 2.00. The van der Waals surface area contributed by atoms with E-state index in [9.17, 15) is 0 Å². The van der Waals surface area contributed by atoms with Crippen LogP contribution in [0.5, 0.6) is 0 Å². The van der Waals surface area contributed by atoms with E-state index >= 15 is 0 Å². The minimum Gasteiger partial charge on any atom is -0.362 e. The van der Waals surface area contributed by atoms with Gasteiger partial charge in [0.2, 0.25) is 6.29 Å². The van der Waals surface area contributed by atoms with Crippen molar-refractivity contribution in [1.82, 2.24) is 4.90 Å². The summed E-state index contributed by atoms with van der Waals surface area (Å²) in [5.41, 5.74) is 1.10. The van der Waals surface area contributed by atoms with Crippen molar-refractivity contribution in [2.75, 3.05) is 13.6 Å². The maximum atomic E-state index is 9.07. The molecule has 0 bridgehead atoms. The lowest BCUT2D eigenvalue weighted by Crippen LogP contribution is -2.32. The Kier molecular flexibility index (Phi) is 2.70. The molecule has 2 rings (SSSR count). The maximum absolute atomic E-state index is 9.07. The number of benzene rings is 1. The van der Waals surface area contributed by atoms with E-state index in [4.69, 9.17) is 10.2 Å². The SMILES string of the molecule is CN1CC(c2ccccc2)N=C1C(O)O. The largest absolute Gasteiger partial charge is 0.362 e. The molecule has 1 unspecified atom stereocenters. The van der Waals surface area contributed by atoms with Gasteiger partial charge in [-0.15, -0.1) is 0 Å². The van der Waals surface area contributed by atoms with Gasteiger partial charge in [0.1, 0.15) is 0 Å². The van der Waals surface area contributed by atoms with E-state index < -0.39 is 6.29 Å². The highest BCUT2D eigenvalue weighted by Crippen LogP contribution is 2.24. The molecule has 1 aliphatic heterocycles. The predicted molar refractivity (Wildman–Crippen MR) is 57.5 cm³/mol. The molecule has 0 saturated carbocycles. The molecule has 0 amide bonds. The van der Waals surface area contributed by atoms with E-state index in [0.29, 0.717) is 12.4 Å². The number of aliphatic imine (C=N–C) groups is 1. The molecule has 0 aliphatic carbocycles. The molecular weight excluding hydrogens is 192 g/mol. The van der Waals surface area contributed by atoms with Crippen LogP contribution >= 0.6 is 0 Å². The third-order valence-electron chi connectivity index (χ3n) is 2.54. The lowest BCUT2D eigenvalue weighted by atomic mass is 10.1. The first-order chi connectivity index (χ1) is 7.18. The maximum Gasteiger partial charge on any atom is 0.211 e. The summed E-state index contributed by atoms with van der Waals surface area (Å²) in [6.45, 7) is 0.691. The van der Waals surface area contributed by atoms with Crippen molar-refractivity contribution in [3.8, 4) is 0 Å². The van der Waals surface area contributed by atoms with Gasteiger partial charge in [-0.2, -0.15) is 0 Å². The van der Waals surface area contributed by atoms with Crippen LogP contribution < -0.4 is 0 Å². The van der Waals surface area contributed by atoms with Crippen molar-refractivity contribution < 1.29 is 10.2 Å². The van der Waals surface area contributed by atoms with E-state index in [1.165, 1.54) is 0 Å². The third-order valence-corrected chi connectivity index (χ3v) is 2.54. The van der Waals surface area contributed by atoms with Gasteiger partial charge in [0, 0.05) is 13.6 Å². The molecule has 15 heavy (non-hydrogen) atoms. The monoisotopic (exact) mass is 206 g/mol. The number of aliphatic hydroxyl groups is 2. The van der Waals surface area contributed by atoms with Crippen LogP contribution in [0.3, 0.4) is 0 Å². The number of likely N-dealkylation sites (N-methyl/N-ethyl adjacent to an activating group) is 1. The number of amidine groups is 1. The summed E-state index contributed by atoms with van der Waals surface area (Å²) in [5, 5.41) is 18.1. The molecule has 0 fully saturated rings. The summed E-state index contributed by atoms with van der Waals surface area (Å²) in [6.07, 6.45) is -1.48. The normalized spacial score (nSPS) is 20.9. The van der Waals surface area contributed by atoms with Gasteiger partial charge >= 0.3 is 0 Å². The van der Waals surface area contributed by atoms with E-state index in [2.05, 4.69) is 4.99 Å². The fourth-order valence-corrected chi connectivity index (χ4v) is 1.77. The van der Waals surface area contributed by atoms with Gasteiger partial charge in [-0.05, 0) is 5.56 Å². The van der Waals surface area contributed by atoms with Crippen LogP contribution in [0.4, 0.5) is 0 Å². The van der Waals surface area contributed by atoms with Crippen LogP contribution in [0.25, 0.3) is 0 Å². The van der Waals surface area contributed by atoms with Crippen LogP contribution in [-0.2, 0) is 0 Å². The molecule has 1 atom stereocenters. The van der Waals surface area contributed by atoms with Crippen molar-refractivity contribution in [1.29, 1.82) is 0 Å². The molecule has 2 N–H and O–H groups in total. The summed E-state index contributed by atoms with van der Waals surface area (Å²) in [7, 11) is 1.81. The van der Waals surface area contributed by atoms with Crippen LogP contribution in [0.2, 0.25) is 0 Å². The highest BCUT2D eigenvalue weighted by Gasteiger charge is 2.26. The first-order valence-corrected chi connectivity index (χ1v) is 4.88. The zero-order chi connectivity index (χ0) is 10.8. The second-order valence-electron chi connectivity index (χ2n) is 3.67. The number of hydrogen-bond donors (Lipinski definition) is 2. The lowest BCUT2D eigenvalue weighted by Gasteiger charge is -2.15. The van der Waals surface area contributed by atoms with Crippen molar-refractivity contribution in [2.45, 2.75) is 12.3 Å². The van der Waals surface area contributed by atoms with Crippen LogP contribution in [-0.4, -0.2) is 40.8 Å². The standard InChI is InChI=1S/C11H14N2O2/c1-13-7-9(12-10(13)11(14)15)8-5-3-2-4-6-8/h2-6,9,11,14-15H,7H2,1H3. The van der Waals surface area contributed by atoms with E-state index in [1.54, 1.807) is 11.9 Å². The van der Waals surface area contributed by atoms with Crippen molar-refractivity contribution >= 4 is 5.84 Å². The lowest BCUT2D eigenvalue weighted by molar-refractivity contribution is 0.0123. The average Bonchev–Trinajstić information content (AvgIpc) is 2.62. The predicted octanol–water partition coefficient (Wildman–Crippen LogP) is 0.382. The molecule has 0 radical (unpaired) electrons. The van der Waals surface area contributed by atoms with E-state index in [-0.39, 0.29) is 6.04 Å². The number of rotatable bonds is 2. The van der Waals surface area contributed by atoms with Crippen LogP contribution in [0.1, 0.15) is 11.6 Å². The second kappa shape index (κ2) is 4.00. The van der Waals surface area contributed by atoms with Gasteiger partial charge in [0.15, 0.2) is 5.84 Å². The Morgan fingerprint density at radius 2 is 2.00 bits per heavy atom. The van der Waals surface area contributed by atoms with Gasteiger partial charge < -0.3 is 15.1 Å². The Morgan fingerprint density at radius 3 is 2.53 bits per heavy atom. The van der Waals surface area contributed by atoms with Crippen LogP contribution in [0, 0.1) is 0 Å². The Morgan fingerprint density at radius 1 is 1.33 bits per heavy atom. The zero-order valence-electron chi connectivity index (χ0n) is 8.54. The van der Waals surface area contributed by atoms with Crippen molar-refractivity contribution in [3.63, 3.8) is 0 Å². The molecule has 0 aromatic heterocycles. The molecule has 1 aromatic carbocycles. The van der Waals surface area contributed by atoms with E-state index in [1.807, 2.05) is 30.3 Å². The van der Waals surface area contributed by atoms with Gasteiger partial charge in [0.25, 0.3) is 0 Å². The van der Waals surface area contributed by atoms with Crippen molar-refractivity contribution in [3.05, 3.63) is 35.9 Å². The molecule has 1 aromatic rings. The van der Waals surface area contributed by atoms with Crippen LogP contribution in [0.15, 0.2) is 35.3 Å². The van der Waals surface area contributed by atoms with Gasteiger partial charge in [-0.3, -0.25) is 4.99 Å². The molecule has 0 saturated heterocycles. The minimum absolute atomic E-state index is 0.00741. The zero-order valence-corrected chi connectivity index (χ0v) is 8.54. The first kappa shape index (κ1) is 10.1. The molecule has 1 heterocycles. The molecule has 4 nitrogen and oxygen atoms in total. The Bertz CT molecular complexity index is 362. The molecule has 4 heteroatoms. The number of nitrogens with zero attached hydrogens (tertiary/aromatic N) is 2. The molecule has 0 spiro atoms. The summed E-state index contributed by atoms with van der Waals surface area (Å²) >= 11 is 0. The summed E-state index contributed by atoms with van der Waals surface area (Å²) in [6, 6.07) is 9.86. The summed E-state index contributed by atoms with van der Waals surface area (Å²) in [4.78, 5) is 6.05. The Hall–Kier alpha value is -1.39. The topological polar surface area (TPSA) is 56.1 Å². The van der Waals surface area contributed by atoms with Gasteiger partial charge in [0.05, 0.1) is 6.04 Å². The number of aliphatic hydroxyl groups excluding tert-OH is 1.